The van der Waals surface area contributed by atoms with Gasteiger partial charge in [-0.3, -0.25) is 4.79 Å². The van der Waals surface area contributed by atoms with Crippen molar-refractivity contribution in [3.8, 4) is 0 Å². The van der Waals surface area contributed by atoms with Crippen LogP contribution in [0.5, 0.6) is 0 Å². The lowest BCUT2D eigenvalue weighted by molar-refractivity contribution is 0.0783. The van der Waals surface area contributed by atoms with Gasteiger partial charge in [0.05, 0.1) is 0 Å². The number of amides is 1. The summed E-state index contributed by atoms with van der Waals surface area (Å²) >= 11 is 0. The molecular weight excluding hydrogens is 255 g/mol. The van der Waals surface area contributed by atoms with Gasteiger partial charge in [0, 0.05) is 24.7 Å². The van der Waals surface area contributed by atoms with Gasteiger partial charge in [0.15, 0.2) is 0 Å². The van der Waals surface area contributed by atoms with E-state index >= 15 is 0 Å². The van der Waals surface area contributed by atoms with Crippen LogP contribution in [0.25, 0.3) is 0 Å². The quantitative estimate of drug-likeness (QED) is 0.855. The number of nitrogens with two attached hydrogens (primary N) is 1. The number of halogens is 1. The summed E-state index contributed by atoms with van der Waals surface area (Å²) in [4.78, 5) is 14.4. The molecule has 0 aromatic heterocycles. The van der Waals surface area contributed by atoms with Gasteiger partial charge in [-0.1, -0.05) is 6.42 Å². The summed E-state index contributed by atoms with van der Waals surface area (Å²) in [5.41, 5.74) is 7.27. The SMILES string of the molecule is Cc1cc(C(=O)N2CC3CCCC(N)C3C2)ccc1F. The van der Waals surface area contributed by atoms with Crippen molar-refractivity contribution in [1.82, 2.24) is 4.90 Å². The third-order valence-electron chi connectivity index (χ3n) is 4.85. The maximum atomic E-state index is 13.3. The topological polar surface area (TPSA) is 46.3 Å². The van der Waals surface area contributed by atoms with E-state index in [4.69, 9.17) is 5.73 Å². The van der Waals surface area contributed by atoms with E-state index in [1.165, 1.54) is 18.9 Å². The Labute approximate surface area is 118 Å². The molecular formula is C16H21FN2O. The summed E-state index contributed by atoms with van der Waals surface area (Å²) in [6, 6.07) is 4.81. The molecule has 1 heterocycles. The van der Waals surface area contributed by atoms with E-state index in [2.05, 4.69) is 0 Å². The number of benzene rings is 1. The van der Waals surface area contributed by atoms with Gasteiger partial charge in [-0.05, 0) is 55.4 Å². The molecule has 3 nitrogen and oxygen atoms in total. The Bertz CT molecular complexity index is 531. The third-order valence-corrected chi connectivity index (χ3v) is 4.85. The molecule has 0 radical (unpaired) electrons. The molecule has 108 valence electrons. The van der Waals surface area contributed by atoms with Crippen LogP contribution < -0.4 is 5.73 Å². The highest BCUT2D eigenvalue weighted by molar-refractivity contribution is 5.94. The van der Waals surface area contributed by atoms with Crippen molar-refractivity contribution in [2.45, 2.75) is 32.2 Å². The van der Waals surface area contributed by atoms with Crippen molar-refractivity contribution in [3.63, 3.8) is 0 Å². The number of aryl methyl sites for hydroxylation is 1. The molecule has 2 N–H and O–H groups in total. The largest absolute Gasteiger partial charge is 0.338 e. The Kier molecular flexibility index (Phi) is 3.50. The van der Waals surface area contributed by atoms with Crippen molar-refractivity contribution in [1.29, 1.82) is 0 Å². The highest BCUT2D eigenvalue weighted by atomic mass is 19.1. The predicted octanol–water partition coefficient (Wildman–Crippen LogP) is 2.33. The first-order chi connectivity index (χ1) is 9.56. The molecule has 1 saturated carbocycles. The van der Waals surface area contributed by atoms with E-state index in [0.717, 1.165) is 19.5 Å². The molecule has 1 aromatic rings. The highest BCUT2D eigenvalue weighted by Crippen LogP contribution is 2.36. The summed E-state index contributed by atoms with van der Waals surface area (Å²) in [5, 5.41) is 0. The second-order valence-corrected chi connectivity index (χ2v) is 6.19. The number of hydrogen-bond acceptors (Lipinski definition) is 2. The first kappa shape index (κ1) is 13.6. The lowest BCUT2D eigenvalue weighted by Crippen LogP contribution is -2.38. The Balaban J connectivity index is 1.76. The number of rotatable bonds is 1. The second kappa shape index (κ2) is 5.17. The van der Waals surface area contributed by atoms with Crippen molar-refractivity contribution in [2.75, 3.05) is 13.1 Å². The van der Waals surface area contributed by atoms with Crippen LogP contribution in [0, 0.1) is 24.6 Å². The van der Waals surface area contributed by atoms with Crippen molar-refractivity contribution in [2.24, 2.45) is 17.6 Å². The maximum absolute atomic E-state index is 13.3. The molecule has 20 heavy (non-hydrogen) atoms. The highest BCUT2D eigenvalue weighted by Gasteiger charge is 2.40. The van der Waals surface area contributed by atoms with E-state index in [-0.39, 0.29) is 17.8 Å². The average Bonchev–Trinajstić information content (AvgIpc) is 2.86. The molecule has 2 fully saturated rings. The molecule has 0 spiro atoms. The number of carbonyl (C=O) groups excluding carboxylic acids is 1. The van der Waals surface area contributed by atoms with E-state index in [1.807, 2.05) is 4.90 Å². The van der Waals surface area contributed by atoms with Crippen molar-refractivity contribution < 1.29 is 9.18 Å². The fourth-order valence-electron chi connectivity index (χ4n) is 3.64. The van der Waals surface area contributed by atoms with E-state index in [9.17, 15) is 9.18 Å². The number of nitrogens with zero attached hydrogens (tertiary/aromatic N) is 1. The zero-order valence-electron chi connectivity index (χ0n) is 11.8. The number of hydrogen-bond donors (Lipinski definition) is 1. The first-order valence-corrected chi connectivity index (χ1v) is 7.37. The monoisotopic (exact) mass is 276 g/mol. The third kappa shape index (κ3) is 2.33. The standard InChI is InChI=1S/C16H21FN2O/c1-10-7-11(5-6-14(10)17)16(20)19-8-12-3-2-4-15(18)13(12)9-19/h5-7,12-13,15H,2-4,8-9,18H2,1H3. The zero-order valence-corrected chi connectivity index (χ0v) is 11.8. The smallest absolute Gasteiger partial charge is 0.253 e. The van der Waals surface area contributed by atoms with E-state index in [0.29, 0.717) is 23.0 Å². The molecule has 3 rings (SSSR count). The summed E-state index contributed by atoms with van der Waals surface area (Å²) in [7, 11) is 0. The zero-order chi connectivity index (χ0) is 14.3. The van der Waals surface area contributed by atoms with E-state index < -0.39 is 0 Å². The van der Waals surface area contributed by atoms with Crippen molar-refractivity contribution in [3.05, 3.63) is 35.1 Å². The van der Waals surface area contributed by atoms with Gasteiger partial charge in [0.25, 0.3) is 5.91 Å². The summed E-state index contributed by atoms with van der Waals surface area (Å²) in [5.74, 6) is 0.729. The minimum absolute atomic E-state index is 0.00898. The molecule has 3 atom stereocenters. The fourth-order valence-corrected chi connectivity index (χ4v) is 3.64. The van der Waals surface area contributed by atoms with Gasteiger partial charge in [-0.15, -0.1) is 0 Å². The van der Waals surface area contributed by atoms with Crippen LogP contribution in [-0.2, 0) is 0 Å². The van der Waals surface area contributed by atoms with Gasteiger partial charge in [-0.2, -0.15) is 0 Å². The van der Waals surface area contributed by atoms with E-state index in [1.54, 1.807) is 19.1 Å². The summed E-state index contributed by atoms with van der Waals surface area (Å²) in [6.07, 6.45) is 3.41. The van der Waals surface area contributed by atoms with Crippen LogP contribution in [0.3, 0.4) is 0 Å². The van der Waals surface area contributed by atoms with Crippen LogP contribution in [0.4, 0.5) is 4.39 Å². The normalized spacial score (nSPS) is 29.4. The molecule has 2 aliphatic rings. The summed E-state index contributed by atoms with van der Waals surface area (Å²) < 4.78 is 13.3. The molecule has 0 bridgehead atoms. The van der Waals surface area contributed by atoms with Gasteiger partial charge in [-0.25, -0.2) is 4.39 Å². The number of carbonyl (C=O) groups is 1. The average molecular weight is 276 g/mol. The maximum Gasteiger partial charge on any atom is 0.253 e. The number of fused-ring (bicyclic) bond motifs is 1. The minimum atomic E-state index is -0.265. The first-order valence-electron chi connectivity index (χ1n) is 7.37. The Morgan fingerprint density at radius 2 is 2.15 bits per heavy atom. The molecule has 1 amide bonds. The van der Waals surface area contributed by atoms with Crippen LogP contribution >= 0.6 is 0 Å². The van der Waals surface area contributed by atoms with Crippen LogP contribution in [0.15, 0.2) is 18.2 Å². The molecule has 4 heteroatoms. The van der Waals surface area contributed by atoms with Gasteiger partial charge in [0.2, 0.25) is 0 Å². The molecule has 1 aromatic carbocycles. The minimum Gasteiger partial charge on any atom is -0.338 e. The van der Waals surface area contributed by atoms with Gasteiger partial charge < -0.3 is 10.6 Å². The predicted molar refractivity (Wildman–Crippen MR) is 75.8 cm³/mol. The molecule has 1 aliphatic carbocycles. The van der Waals surface area contributed by atoms with Crippen molar-refractivity contribution >= 4 is 5.91 Å². The fraction of sp³-hybridized carbons (Fsp3) is 0.562. The Morgan fingerprint density at radius 1 is 1.35 bits per heavy atom. The lowest BCUT2D eigenvalue weighted by atomic mass is 9.78. The number of likely N-dealkylation sites (tertiary alicyclic amines) is 1. The van der Waals surface area contributed by atoms with Crippen LogP contribution in [0.2, 0.25) is 0 Å². The van der Waals surface area contributed by atoms with Crippen LogP contribution in [0.1, 0.15) is 35.2 Å². The summed E-state index contributed by atoms with van der Waals surface area (Å²) in [6.45, 7) is 3.24. The van der Waals surface area contributed by atoms with Gasteiger partial charge in [0.1, 0.15) is 5.82 Å². The lowest BCUT2D eigenvalue weighted by Gasteiger charge is -2.29. The molecule has 1 aliphatic heterocycles. The Hall–Kier alpha value is -1.42. The molecule has 1 saturated heterocycles. The Morgan fingerprint density at radius 3 is 2.85 bits per heavy atom. The second-order valence-electron chi connectivity index (χ2n) is 6.19. The van der Waals surface area contributed by atoms with Gasteiger partial charge >= 0.3 is 0 Å². The molecule has 3 unspecified atom stereocenters. The van der Waals surface area contributed by atoms with Crippen LogP contribution in [-0.4, -0.2) is 29.9 Å².